The largest absolute Gasteiger partial charge is 0.380 e. The fourth-order valence-corrected chi connectivity index (χ4v) is 3.28. The van der Waals surface area contributed by atoms with E-state index in [1.54, 1.807) is 19.9 Å². The first-order chi connectivity index (χ1) is 13.6. The highest BCUT2D eigenvalue weighted by molar-refractivity contribution is 6.19. The Kier molecular flexibility index (Phi) is 9.63. The Hall–Kier alpha value is -2.08. The van der Waals surface area contributed by atoms with Gasteiger partial charge in [-0.05, 0) is 51.5 Å². The molecule has 0 aromatic carbocycles. The van der Waals surface area contributed by atoms with Crippen molar-refractivity contribution in [3.8, 4) is 0 Å². The molecule has 1 aliphatic heterocycles. The molecule has 0 spiro atoms. The van der Waals surface area contributed by atoms with Crippen LogP contribution in [0.25, 0.3) is 0 Å². The monoisotopic (exact) mass is 409 g/mol. The van der Waals surface area contributed by atoms with Crippen molar-refractivity contribution >= 4 is 11.8 Å². The van der Waals surface area contributed by atoms with Crippen molar-refractivity contribution in [1.29, 1.82) is 0 Å². The summed E-state index contributed by atoms with van der Waals surface area (Å²) in [6, 6.07) is -0.300. The van der Waals surface area contributed by atoms with Gasteiger partial charge in [0.25, 0.3) is 18.2 Å². The van der Waals surface area contributed by atoms with Crippen LogP contribution in [0.3, 0.4) is 0 Å². The maximum absolute atomic E-state index is 13.2. The van der Waals surface area contributed by atoms with Gasteiger partial charge in [0, 0.05) is 24.3 Å². The Morgan fingerprint density at radius 1 is 1.21 bits per heavy atom. The molecule has 0 aliphatic carbocycles. The SMILES string of the molecule is C=C(C)/C(=C\C=C(\CCC(C)N1C(=O)C(C)=C(COC)C1=O)C(C)CC)C(F)F. The molecular formula is C23H33F2NO3. The van der Waals surface area contributed by atoms with Gasteiger partial charge < -0.3 is 4.74 Å². The van der Waals surface area contributed by atoms with E-state index in [9.17, 15) is 18.4 Å². The summed E-state index contributed by atoms with van der Waals surface area (Å²) in [5.74, 6) is -0.389. The van der Waals surface area contributed by atoms with E-state index in [4.69, 9.17) is 4.74 Å². The number of amides is 2. The van der Waals surface area contributed by atoms with E-state index in [0.717, 1.165) is 12.0 Å². The smallest absolute Gasteiger partial charge is 0.264 e. The Morgan fingerprint density at radius 2 is 1.83 bits per heavy atom. The summed E-state index contributed by atoms with van der Waals surface area (Å²) < 4.78 is 31.4. The molecule has 0 aromatic heterocycles. The van der Waals surface area contributed by atoms with Crippen LogP contribution in [0.4, 0.5) is 8.78 Å². The summed E-state index contributed by atoms with van der Waals surface area (Å²) in [4.78, 5) is 26.4. The molecule has 0 N–H and O–H groups in total. The van der Waals surface area contributed by atoms with Gasteiger partial charge in [-0.25, -0.2) is 8.78 Å². The van der Waals surface area contributed by atoms with Crippen LogP contribution in [0, 0.1) is 5.92 Å². The van der Waals surface area contributed by atoms with Gasteiger partial charge in [-0.2, -0.15) is 0 Å². The summed E-state index contributed by atoms with van der Waals surface area (Å²) in [6.07, 6.45) is 2.64. The molecule has 0 radical (unpaired) electrons. The zero-order chi connectivity index (χ0) is 22.3. The molecule has 162 valence electrons. The molecule has 0 fully saturated rings. The first-order valence-electron chi connectivity index (χ1n) is 9.97. The van der Waals surface area contributed by atoms with Gasteiger partial charge in [-0.3, -0.25) is 14.5 Å². The zero-order valence-electron chi connectivity index (χ0n) is 18.4. The molecule has 2 amide bonds. The number of imide groups is 1. The van der Waals surface area contributed by atoms with Gasteiger partial charge in [-0.15, -0.1) is 0 Å². The van der Waals surface area contributed by atoms with E-state index in [1.165, 1.54) is 18.1 Å². The summed E-state index contributed by atoms with van der Waals surface area (Å²) in [5, 5.41) is 0. The Labute approximate surface area is 173 Å². The highest BCUT2D eigenvalue weighted by atomic mass is 19.3. The summed E-state index contributed by atoms with van der Waals surface area (Å²) in [7, 11) is 1.49. The summed E-state index contributed by atoms with van der Waals surface area (Å²) in [6.45, 7) is 12.8. The normalized spacial score (nSPS) is 18.2. The molecule has 6 heteroatoms. The van der Waals surface area contributed by atoms with E-state index in [0.29, 0.717) is 29.6 Å². The number of methoxy groups -OCH3 is 1. The number of allylic oxidation sites excluding steroid dienone is 5. The minimum atomic E-state index is -2.58. The second-order valence-corrected chi connectivity index (χ2v) is 7.66. The Balaban J connectivity index is 2.97. The molecule has 29 heavy (non-hydrogen) atoms. The molecular weight excluding hydrogens is 376 g/mol. The van der Waals surface area contributed by atoms with Gasteiger partial charge >= 0.3 is 0 Å². The van der Waals surface area contributed by atoms with Crippen molar-refractivity contribution < 1.29 is 23.1 Å². The maximum atomic E-state index is 13.2. The zero-order valence-corrected chi connectivity index (χ0v) is 18.4. The van der Waals surface area contributed by atoms with Crippen LogP contribution < -0.4 is 0 Å². The second kappa shape index (κ2) is 11.2. The number of halogens is 2. The predicted octanol–water partition coefficient (Wildman–Crippen LogP) is 5.23. The lowest BCUT2D eigenvalue weighted by molar-refractivity contribution is -0.140. The Bertz CT molecular complexity index is 734. The number of hydrogen-bond donors (Lipinski definition) is 0. The van der Waals surface area contributed by atoms with E-state index < -0.39 is 6.43 Å². The van der Waals surface area contributed by atoms with E-state index in [2.05, 4.69) is 6.58 Å². The number of hydrogen-bond acceptors (Lipinski definition) is 3. The molecule has 1 rings (SSSR count). The third-order valence-electron chi connectivity index (χ3n) is 5.50. The number of rotatable bonds is 11. The van der Waals surface area contributed by atoms with Crippen molar-refractivity contribution in [3.05, 3.63) is 46.6 Å². The molecule has 2 unspecified atom stereocenters. The third kappa shape index (κ3) is 6.20. The first kappa shape index (κ1) is 25.0. The summed E-state index contributed by atoms with van der Waals surface area (Å²) >= 11 is 0. The topological polar surface area (TPSA) is 46.6 Å². The predicted molar refractivity (Wildman–Crippen MR) is 112 cm³/mol. The summed E-state index contributed by atoms with van der Waals surface area (Å²) in [5.41, 5.74) is 2.10. The van der Waals surface area contributed by atoms with Crippen molar-refractivity contribution in [1.82, 2.24) is 4.90 Å². The van der Waals surface area contributed by atoms with Gasteiger partial charge in [-0.1, -0.05) is 38.2 Å². The number of alkyl halides is 2. The lowest BCUT2D eigenvalue weighted by Gasteiger charge is -2.25. The minimum absolute atomic E-state index is 0.0761. The lowest BCUT2D eigenvalue weighted by atomic mass is 9.92. The van der Waals surface area contributed by atoms with Crippen molar-refractivity contribution in [3.63, 3.8) is 0 Å². The van der Waals surface area contributed by atoms with Crippen LogP contribution in [-0.2, 0) is 14.3 Å². The highest BCUT2D eigenvalue weighted by Crippen LogP contribution is 2.28. The van der Waals surface area contributed by atoms with Crippen LogP contribution in [-0.4, -0.2) is 42.9 Å². The molecule has 4 nitrogen and oxygen atoms in total. The highest BCUT2D eigenvalue weighted by Gasteiger charge is 2.38. The lowest BCUT2D eigenvalue weighted by Crippen LogP contribution is -2.39. The van der Waals surface area contributed by atoms with Crippen LogP contribution in [0.5, 0.6) is 0 Å². The van der Waals surface area contributed by atoms with Gasteiger partial charge in [0.1, 0.15) is 0 Å². The molecule has 0 bridgehead atoms. The minimum Gasteiger partial charge on any atom is -0.380 e. The quantitative estimate of drug-likeness (QED) is 0.347. The fraction of sp³-hybridized carbons (Fsp3) is 0.565. The Morgan fingerprint density at radius 3 is 2.31 bits per heavy atom. The van der Waals surface area contributed by atoms with Crippen LogP contribution >= 0.6 is 0 Å². The molecule has 1 heterocycles. The van der Waals surface area contributed by atoms with Crippen LogP contribution in [0.2, 0.25) is 0 Å². The first-order valence-corrected chi connectivity index (χ1v) is 9.97. The van der Waals surface area contributed by atoms with Gasteiger partial charge in [0.05, 0.1) is 12.2 Å². The van der Waals surface area contributed by atoms with Gasteiger partial charge in [0.15, 0.2) is 0 Å². The van der Waals surface area contributed by atoms with Crippen LogP contribution in [0.1, 0.15) is 53.9 Å². The molecule has 2 atom stereocenters. The van der Waals surface area contributed by atoms with Crippen molar-refractivity contribution in [2.24, 2.45) is 5.92 Å². The number of ether oxygens (including phenoxy) is 1. The van der Waals surface area contributed by atoms with Gasteiger partial charge in [0.2, 0.25) is 0 Å². The fourth-order valence-electron chi connectivity index (χ4n) is 3.28. The van der Waals surface area contributed by atoms with E-state index in [-0.39, 0.29) is 36.0 Å². The van der Waals surface area contributed by atoms with E-state index >= 15 is 0 Å². The van der Waals surface area contributed by atoms with Crippen molar-refractivity contribution in [2.45, 2.75) is 66.3 Å². The molecule has 0 aromatic rings. The number of carbonyl (C=O) groups is 2. The molecule has 0 saturated carbocycles. The number of nitrogens with zero attached hydrogens (tertiary/aromatic N) is 1. The molecule has 1 aliphatic rings. The average molecular weight is 410 g/mol. The second-order valence-electron chi connectivity index (χ2n) is 7.66. The average Bonchev–Trinajstić information content (AvgIpc) is 2.86. The standard InChI is InChI=1S/C23H33F2NO3/c1-8-15(4)18(11-12-19(14(2)3)21(24)25)10-9-16(5)26-22(27)17(6)20(13-29-7)23(26)28/h11-12,15-16,21H,2,8-10,13H2,1,3-7H3/b18-11-,19-12+. The third-order valence-corrected chi connectivity index (χ3v) is 5.50. The van der Waals surface area contributed by atoms with Crippen LogP contribution in [0.15, 0.2) is 46.6 Å². The molecule has 0 saturated heterocycles. The van der Waals surface area contributed by atoms with E-state index in [1.807, 2.05) is 20.8 Å². The number of carbonyl (C=O) groups excluding carboxylic acids is 2. The van der Waals surface area contributed by atoms with Crippen molar-refractivity contribution in [2.75, 3.05) is 13.7 Å². The maximum Gasteiger partial charge on any atom is 0.264 e.